The first-order valence-corrected chi connectivity index (χ1v) is 12.2. The van der Waals surface area contributed by atoms with E-state index >= 15 is 0 Å². The molecule has 0 saturated heterocycles. The minimum atomic E-state index is -0.112. The van der Waals surface area contributed by atoms with Crippen molar-refractivity contribution in [3.05, 3.63) is 72.3 Å². The van der Waals surface area contributed by atoms with E-state index in [-0.39, 0.29) is 5.78 Å². The van der Waals surface area contributed by atoms with Crippen molar-refractivity contribution in [1.82, 2.24) is 14.6 Å². The maximum absolute atomic E-state index is 11.6. The number of hydrogen-bond donors (Lipinski definition) is 0. The van der Waals surface area contributed by atoms with Gasteiger partial charge in [-0.1, -0.05) is 18.2 Å². The molecule has 6 rings (SSSR count). The second-order valence-electron chi connectivity index (χ2n) is 8.32. The van der Waals surface area contributed by atoms with Crippen LogP contribution in [0.25, 0.3) is 38.5 Å². The number of carbonyl (C=O) groups excluding carboxylic acids is 1. The largest absolute Gasteiger partial charge is 0.496 e. The molecule has 0 unspecified atom stereocenters. The van der Waals surface area contributed by atoms with E-state index in [2.05, 4.69) is 10.1 Å². The second-order valence-corrected chi connectivity index (χ2v) is 9.24. The van der Waals surface area contributed by atoms with Gasteiger partial charge < -0.3 is 23.0 Å². The maximum atomic E-state index is 11.6. The van der Waals surface area contributed by atoms with Gasteiger partial charge in [0.25, 0.3) is 5.19 Å². The Bertz CT molecular complexity index is 1730. The molecule has 10 heteroatoms. The highest BCUT2D eigenvalue weighted by Gasteiger charge is 2.17. The molecule has 0 spiro atoms. The third kappa shape index (κ3) is 4.31. The zero-order valence-corrected chi connectivity index (χ0v) is 21.0. The SMILES string of the molecule is COc1cc(OCc2cccc(-c3coc(C(C)=O)c3)c2)c2cc(-c3cn4nc(OC)sc4n3)oc2c1. The number of hydrogen-bond acceptors (Lipinski definition) is 9. The molecular formula is C27H21N3O6S. The monoisotopic (exact) mass is 515 g/mol. The Morgan fingerprint density at radius 3 is 2.73 bits per heavy atom. The average Bonchev–Trinajstić information content (AvgIpc) is 3.69. The number of carbonyl (C=O) groups is 1. The molecule has 186 valence electrons. The lowest BCUT2D eigenvalue weighted by molar-refractivity contribution is 0.0987. The summed E-state index contributed by atoms with van der Waals surface area (Å²) in [6.07, 6.45) is 3.38. The fourth-order valence-corrected chi connectivity index (χ4v) is 4.70. The number of methoxy groups -OCH3 is 2. The molecule has 0 fully saturated rings. The predicted molar refractivity (Wildman–Crippen MR) is 138 cm³/mol. The van der Waals surface area contributed by atoms with Crippen LogP contribution in [0.2, 0.25) is 0 Å². The second kappa shape index (κ2) is 9.14. The minimum absolute atomic E-state index is 0.112. The van der Waals surface area contributed by atoms with E-state index < -0.39 is 0 Å². The predicted octanol–water partition coefficient (Wildman–Crippen LogP) is 6.26. The van der Waals surface area contributed by atoms with Crippen LogP contribution in [0.4, 0.5) is 0 Å². The van der Waals surface area contributed by atoms with Crippen molar-refractivity contribution in [2.75, 3.05) is 14.2 Å². The van der Waals surface area contributed by atoms with E-state index in [1.807, 2.05) is 42.5 Å². The van der Waals surface area contributed by atoms with Crippen molar-refractivity contribution in [2.24, 2.45) is 0 Å². The Balaban J connectivity index is 1.29. The minimum Gasteiger partial charge on any atom is -0.496 e. The summed E-state index contributed by atoms with van der Waals surface area (Å²) in [5, 5.41) is 5.66. The van der Waals surface area contributed by atoms with Gasteiger partial charge in [-0.15, -0.1) is 5.10 Å². The van der Waals surface area contributed by atoms with Crippen molar-refractivity contribution < 1.29 is 27.8 Å². The molecule has 0 amide bonds. The molecule has 0 aliphatic rings. The number of fused-ring (bicyclic) bond motifs is 2. The lowest BCUT2D eigenvalue weighted by Gasteiger charge is -2.10. The van der Waals surface area contributed by atoms with Gasteiger partial charge in [0.15, 0.2) is 17.3 Å². The van der Waals surface area contributed by atoms with Gasteiger partial charge in [0, 0.05) is 24.6 Å². The summed E-state index contributed by atoms with van der Waals surface area (Å²) in [5.41, 5.74) is 4.00. The van der Waals surface area contributed by atoms with E-state index in [1.54, 1.807) is 37.3 Å². The number of Topliss-reactive ketones (excluding diaryl/α,β-unsaturated/α-hetero) is 1. The first-order chi connectivity index (χ1) is 18.0. The van der Waals surface area contributed by atoms with Crippen LogP contribution < -0.4 is 14.2 Å². The molecule has 0 aliphatic heterocycles. The van der Waals surface area contributed by atoms with Gasteiger partial charge in [0.2, 0.25) is 4.96 Å². The van der Waals surface area contributed by atoms with E-state index in [0.717, 1.165) is 22.1 Å². The molecule has 6 aromatic rings. The number of benzene rings is 2. The molecular weight excluding hydrogens is 494 g/mol. The highest BCUT2D eigenvalue weighted by molar-refractivity contribution is 7.18. The summed E-state index contributed by atoms with van der Waals surface area (Å²) in [7, 11) is 3.17. The van der Waals surface area contributed by atoms with Gasteiger partial charge in [-0.2, -0.15) is 0 Å². The summed E-state index contributed by atoms with van der Waals surface area (Å²) in [4.78, 5) is 16.9. The van der Waals surface area contributed by atoms with Crippen molar-refractivity contribution in [3.8, 4) is 39.3 Å². The van der Waals surface area contributed by atoms with Crippen LogP contribution >= 0.6 is 11.3 Å². The van der Waals surface area contributed by atoms with Gasteiger partial charge in [-0.05, 0) is 40.7 Å². The Kier molecular flexibility index (Phi) is 5.65. The summed E-state index contributed by atoms with van der Waals surface area (Å²) in [6, 6.07) is 15.2. The lowest BCUT2D eigenvalue weighted by Crippen LogP contribution is -1.96. The molecule has 0 radical (unpaired) electrons. The number of aromatic nitrogens is 3. The third-order valence-corrected chi connectivity index (χ3v) is 6.75. The quantitative estimate of drug-likeness (QED) is 0.219. The zero-order chi connectivity index (χ0) is 25.5. The molecule has 0 atom stereocenters. The van der Waals surface area contributed by atoms with Gasteiger partial charge in [0.05, 0.1) is 32.1 Å². The Labute approximate surface area is 214 Å². The summed E-state index contributed by atoms with van der Waals surface area (Å²) in [5.74, 6) is 2.05. The Morgan fingerprint density at radius 1 is 1.08 bits per heavy atom. The number of furan rings is 2. The molecule has 37 heavy (non-hydrogen) atoms. The van der Waals surface area contributed by atoms with Gasteiger partial charge in [-0.3, -0.25) is 4.79 Å². The number of rotatable bonds is 8. The number of imidazole rings is 1. The van der Waals surface area contributed by atoms with Crippen LogP contribution in [0.15, 0.2) is 69.8 Å². The standard InChI is InChI=1S/C27H21N3O6S/c1-15(31)22-8-18(14-35-22)17-6-4-5-16(7-17)13-34-23-9-19(32-2)10-24-20(23)11-25(36-24)21-12-30-26(28-21)37-27(29-30)33-3/h4-12,14H,13H2,1-3H3. The van der Waals surface area contributed by atoms with Crippen LogP contribution in [-0.2, 0) is 6.61 Å². The van der Waals surface area contributed by atoms with Crippen LogP contribution in [0.3, 0.4) is 0 Å². The molecule has 9 nitrogen and oxygen atoms in total. The molecule has 0 saturated carbocycles. The van der Waals surface area contributed by atoms with Crippen molar-refractivity contribution in [1.29, 1.82) is 0 Å². The van der Waals surface area contributed by atoms with Gasteiger partial charge >= 0.3 is 0 Å². The van der Waals surface area contributed by atoms with Crippen LogP contribution in [-0.4, -0.2) is 34.6 Å². The molecule has 0 aliphatic carbocycles. The maximum Gasteiger partial charge on any atom is 0.294 e. The molecule has 0 N–H and O–H groups in total. The topological polar surface area (TPSA) is 101 Å². The summed E-state index contributed by atoms with van der Waals surface area (Å²) >= 11 is 1.35. The molecule has 4 aromatic heterocycles. The van der Waals surface area contributed by atoms with Crippen LogP contribution in [0, 0.1) is 0 Å². The smallest absolute Gasteiger partial charge is 0.294 e. The highest BCUT2D eigenvalue weighted by atomic mass is 32.1. The number of ketones is 1. The summed E-state index contributed by atoms with van der Waals surface area (Å²) < 4.78 is 30.0. The van der Waals surface area contributed by atoms with Crippen molar-refractivity contribution in [3.63, 3.8) is 0 Å². The fourth-order valence-electron chi connectivity index (χ4n) is 4.00. The fraction of sp³-hybridized carbons (Fsp3) is 0.148. The van der Waals surface area contributed by atoms with E-state index in [9.17, 15) is 4.79 Å². The van der Waals surface area contributed by atoms with Crippen molar-refractivity contribution >= 4 is 33.1 Å². The van der Waals surface area contributed by atoms with E-state index in [4.69, 9.17) is 23.0 Å². The van der Waals surface area contributed by atoms with Crippen molar-refractivity contribution in [2.45, 2.75) is 13.5 Å². The number of nitrogens with zero attached hydrogens (tertiary/aromatic N) is 3. The first kappa shape index (κ1) is 22.9. The Hall–Kier alpha value is -4.57. The van der Waals surface area contributed by atoms with Crippen LogP contribution in [0.5, 0.6) is 16.7 Å². The normalized spacial score (nSPS) is 11.3. The zero-order valence-electron chi connectivity index (χ0n) is 20.2. The van der Waals surface area contributed by atoms with Crippen LogP contribution in [0.1, 0.15) is 23.0 Å². The summed E-state index contributed by atoms with van der Waals surface area (Å²) in [6.45, 7) is 1.80. The first-order valence-electron chi connectivity index (χ1n) is 11.3. The Morgan fingerprint density at radius 2 is 1.97 bits per heavy atom. The van der Waals surface area contributed by atoms with E-state index in [0.29, 0.717) is 51.1 Å². The molecule has 0 bridgehead atoms. The number of ether oxygens (including phenoxy) is 3. The van der Waals surface area contributed by atoms with E-state index in [1.165, 1.54) is 18.3 Å². The third-order valence-electron chi connectivity index (χ3n) is 5.86. The average molecular weight is 516 g/mol. The van der Waals surface area contributed by atoms with Gasteiger partial charge in [-0.25, -0.2) is 9.50 Å². The van der Waals surface area contributed by atoms with Gasteiger partial charge in [0.1, 0.15) is 29.4 Å². The lowest BCUT2D eigenvalue weighted by atomic mass is 10.1. The highest BCUT2D eigenvalue weighted by Crippen LogP contribution is 2.37. The molecule has 2 aromatic carbocycles. The molecule has 4 heterocycles.